The van der Waals surface area contributed by atoms with E-state index >= 15 is 0 Å². The van der Waals surface area contributed by atoms with Crippen molar-refractivity contribution in [2.24, 2.45) is 0 Å². The van der Waals surface area contributed by atoms with Gasteiger partial charge in [0.15, 0.2) is 11.5 Å². The van der Waals surface area contributed by atoms with Crippen molar-refractivity contribution in [3.05, 3.63) is 53.5 Å². The second kappa shape index (κ2) is 6.53. The van der Waals surface area contributed by atoms with Gasteiger partial charge in [-0.05, 0) is 50.5 Å². The number of nitrogens with zero attached hydrogens (tertiary/aromatic N) is 1. The number of Topliss-reactive ketones (excluding diaryl/α,β-unsaturated/α-hetero) is 1. The number of rotatable bonds is 5. The smallest absolute Gasteiger partial charge is 0.243 e. The highest BCUT2D eigenvalue weighted by atomic mass is 32.2. The van der Waals surface area contributed by atoms with Crippen molar-refractivity contribution >= 4 is 15.8 Å². The Morgan fingerprint density at radius 1 is 1.29 bits per heavy atom. The molecule has 0 spiro atoms. The minimum atomic E-state index is -3.60. The summed E-state index contributed by atoms with van der Waals surface area (Å²) in [6.07, 6.45) is 3.06. The van der Waals surface area contributed by atoms with Crippen LogP contribution in [0, 0.1) is 13.8 Å². The molecule has 1 aromatic heterocycles. The van der Waals surface area contributed by atoms with E-state index in [1.54, 1.807) is 31.2 Å². The Balaban J connectivity index is 1.85. The molecule has 1 fully saturated rings. The number of ketones is 1. The third-order valence-electron chi connectivity index (χ3n) is 4.46. The summed E-state index contributed by atoms with van der Waals surface area (Å²) < 4.78 is 32.7. The largest absolute Gasteiger partial charge is 0.461 e. The Kier molecular flexibility index (Phi) is 4.60. The Morgan fingerprint density at radius 2 is 2.08 bits per heavy atom. The van der Waals surface area contributed by atoms with Gasteiger partial charge in [0.1, 0.15) is 0 Å². The lowest BCUT2D eigenvalue weighted by Gasteiger charge is -2.24. The topological polar surface area (TPSA) is 67.6 Å². The zero-order chi connectivity index (χ0) is 17.3. The fraction of sp³-hybridized carbons (Fsp3) is 0.389. The molecule has 0 bridgehead atoms. The van der Waals surface area contributed by atoms with E-state index in [1.165, 1.54) is 10.6 Å². The number of furan rings is 1. The summed E-state index contributed by atoms with van der Waals surface area (Å²) in [5, 5.41) is 0. The Bertz CT molecular complexity index is 840. The van der Waals surface area contributed by atoms with E-state index < -0.39 is 10.0 Å². The first-order chi connectivity index (χ1) is 11.4. The van der Waals surface area contributed by atoms with E-state index in [1.807, 2.05) is 13.0 Å². The van der Waals surface area contributed by atoms with Crippen molar-refractivity contribution in [1.82, 2.24) is 4.31 Å². The molecule has 5 nitrogen and oxygen atoms in total. The molecule has 0 saturated carbocycles. The highest BCUT2D eigenvalue weighted by Gasteiger charge is 2.37. The van der Waals surface area contributed by atoms with Gasteiger partial charge < -0.3 is 4.42 Å². The number of hydrogen-bond donors (Lipinski definition) is 0. The summed E-state index contributed by atoms with van der Waals surface area (Å²) in [5.74, 6) is 0.124. The maximum atomic E-state index is 13.0. The highest BCUT2D eigenvalue weighted by molar-refractivity contribution is 7.89. The molecule has 0 aliphatic carbocycles. The van der Waals surface area contributed by atoms with Gasteiger partial charge in [0.05, 0.1) is 11.2 Å². The van der Waals surface area contributed by atoms with Crippen LogP contribution in [0.3, 0.4) is 0 Å². The molecule has 24 heavy (non-hydrogen) atoms. The predicted molar refractivity (Wildman–Crippen MR) is 90.5 cm³/mol. The standard InChI is InChI=1S/C18H21NO4S/c1-13-7-8-18(14(2)11-13)24(21,22)19-9-3-5-15(19)12-16(20)17-6-4-10-23-17/h4,6-8,10-11,15H,3,5,9,12H2,1-2H3. The fourth-order valence-electron chi connectivity index (χ4n) is 3.30. The average Bonchev–Trinajstić information content (AvgIpc) is 3.18. The number of carbonyl (C=O) groups is 1. The highest BCUT2D eigenvalue weighted by Crippen LogP contribution is 2.30. The van der Waals surface area contributed by atoms with Crippen molar-refractivity contribution in [3.8, 4) is 0 Å². The van der Waals surface area contributed by atoms with Gasteiger partial charge in [-0.25, -0.2) is 8.42 Å². The Labute approximate surface area is 142 Å². The van der Waals surface area contributed by atoms with E-state index in [4.69, 9.17) is 4.42 Å². The van der Waals surface area contributed by atoms with Crippen LogP contribution in [0.2, 0.25) is 0 Å². The molecule has 3 rings (SSSR count). The third kappa shape index (κ3) is 3.16. The molecule has 1 aromatic carbocycles. The lowest BCUT2D eigenvalue weighted by Crippen LogP contribution is -2.37. The normalized spacial score (nSPS) is 18.8. The van der Waals surface area contributed by atoms with Crippen molar-refractivity contribution in [1.29, 1.82) is 0 Å². The molecule has 0 radical (unpaired) electrons. The zero-order valence-electron chi connectivity index (χ0n) is 13.9. The number of benzene rings is 1. The summed E-state index contributed by atoms with van der Waals surface area (Å²) in [7, 11) is -3.60. The fourth-order valence-corrected chi connectivity index (χ4v) is 5.20. The SMILES string of the molecule is Cc1ccc(S(=O)(=O)N2CCCC2CC(=O)c2ccco2)c(C)c1. The molecular formula is C18H21NO4S. The summed E-state index contributed by atoms with van der Waals surface area (Å²) in [6, 6.07) is 8.29. The Hall–Kier alpha value is -1.92. The molecule has 1 aliphatic heterocycles. The van der Waals surface area contributed by atoms with Gasteiger partial charge in [-0.15, -0.1) is 0 Å². The first-order valence-corrected chi connectivity index (χ1v) is 9.49. The number of hydrogen-bond acceptors (Lipinski definition) is 4. The monoisotopic (exact) mass is 347 g/mol. The molecule has 1 unspecified atom stereocenters. The first kappa shape index (κ1) is 16.9. The minimum Gasteiger partial charge on any atom is -0.461 e. The minimum absolute atomic E-state index is 0.150. The lowest BCUT2D eigenvalue weighted by molar-refractivity contribution is 0.0934. The summed E-state index contributed by atoms with van der Waals surface area (Å²) in [5.41, 5.74) is 1.76. The Morgan fingerprint density at radius 3 is 2.75 bits per heavy atom. The van der Waals surface area contributed by atoms with E-state index in [0.717, 1.165) is 17.5 Å². The van der Waals surface area contributed by atoms with Crippen molar-refractivity contribution in [2.75, 3.05) is 6.54 Å². The number of carbonyl (C=O) groups excluding carboxylic acids is 1. The van der Waals surface area contributed by atoms with Crippen LogP contribution >= 0.6 is 0 Å². The molecule has 2 aromatic rings. The maximum Gasteiger partial charge on any atom is 0.243 e. The zero-order valence-corrected chi connectivity index (χ0v) is 14.7. The molecule has 2 heterocycles. The second-order valence-electron chi connectivity index (χ2n) is 6.29. The van der Waals surface area contributed by atoms with Crippen LogP contribution in [-0.4, -0.2) is 31.1 Å². The predicted octanol–water partition coefficient (Wildman–Crippen LogP) is 3.32. The van der Waals surface area contributed by atoms with E-state index in [0.29, 0.717) is 17.9 Å². The van der Waals surface area contributed by atoms with Crippen molar-refractivity contribution < 1.29 is 17.6 Å². The van der Waals surface area contributed by atoms with Gasteiger partial charge in [-0.2, -0.15) is 4.31 Å². The van der Waals surface area contributed by atoms with Crippen molar-refractivity contribution in [2.45, 2.75) is 44.0 Å². The summed E-state index contributed by atoms with van der Waals surface area (Å²) >= 11 is 0. The summed E-state index contributed by atoms with van der Waals surface area (Å²) in [6.45, 7) is 4.19. The maximum absolute atomic E-state index is 13.0. The van der Waals surface area contributed by atoms with Crippen LogP contribution in [0.15, 0.2) is 45.9 Å². The van der Waals surface area contributed by atoms with Gasteiger partial charge in [0, 0.05) is 19.0 Å². The van der Waals surface area contributed by atoms with Crippen LogP contribution in [-0.2, 0) is 10.0 Å². The van der Waals surface area contributed by atoms with Crippen LogP contribution in [0.5, 0.6) is 0 Å². The van der Waals surface area contributed by atoms with Crippen LogP contribution in [0.1, 0.15) is 40.9 Å². The van der Waals surface area contributed by atoms with Crippen LogP contribution < -0.4 is 0 Å². The van der Waals surface area contributed by atoms with Crippen molar-refractivity contribution in [3.63, 3.8) is 0 Å². The van der Waals surface area contributed by atoms with E-state index in [-0.39, 0.29) is 24.0 Å². The molecule has 128 valence electrons. The molecule has 0 N–H and O–H groups in total. The lowest BCUT2D eigenvalue weighted by atomic mass is 10.1. The van der Waals surface area contributed by atoms with Gasteiger partial charge in [0.25, 0.3) is 0 Å². The molecule has 1 aliphatic rings. The molecule has 6 heteroatoms. The van der Waals surface area contributed by atoms with E-state index in [9.17, 15) is 13.2 Å². The van der Waals surface area contributed by atoms with Crippen LogP contribution in [0.4, 0.5) is 0 Å². The molecule has 1 saturated heterocycles. The van der Waals surface area contributed by atoms with Gasteiger partial charge >= 0.3 is 0 Å². The molecular weight excluding hydrogens is 326 g/mol. The van der Waals surface area contributed by atoms with Crippen LogP contribution in [0.25, 0.3) is 0 Å². The van der Waals surface area contributed by atoms with Gasteiger partial charge in [-0.3, -0.25) is 4.79 Å². The molecule has 1 atom stereocenters. The quantitative estimate of drug-likeness (QED) is 0.778. The number of aryl methyl sites for hydroxylation is 2. The molecule has 0 amide bonds. The van der Waals surface area contributed by atoms with E-state index in [2.05, 4.69) is 0 Å². The number of sulfonamides is 1. The third-order valence-corrected chi connectivity index (χ3v) is 6.57. The first-order valence-electron chi connectivity index (χ1n) is 8.05. The van der Waals surface area contributed by atoms with Gasteiger partial charge in [-0.1, -0.05) is 17.7 Å². The summed E-state index contributed by atoms with van der Waals surface area (Å²) in [4.78, 5) is 12.6. The second-order valence-corrected chi connectivity index (χ2v) is 8.14. The van der Waals surface area contributed by atoms with Gasteiger partial charge in [0.2, 0.25) is 10.0 Å². The average molecular weight is 347 g/mol.